The molecule has 1 fully saturated rings. The zero-order valence-electron chi connectivity index (χ0n) is 14.6. The minimum atomic E-state index is -0.0699. The number of carbonyl (C=O) groups is 1. The van der Waals surface area contributed by atoms with Crippen LogP contribution in [-0.2, 0) is 4.79 Å². The van der Waals surface area contributed by atoms with Gasteiger partial charge in [0.15, 0.2) is 5.76 Å². The van der Waals surface area contributed by atoms with Crippen LogP contribution in [0.15, 0.2) is 57.6 Å². The predicted molar refractivity (Wildman–Crippen MR) is 98.9 cm³/mol. The highest BCUT2D eigenvalue weighted by molar-refractivity contribution is 5.92. The van der Waals surface area contributed by atoms with Gasteiger partial charge in [0.25, 0.3) is 5.89 Å². The zero-order chi connectivity index (χ0) is 18.6. The number of nitriles is 1. The zero-order valence-corrected chi connectivity index (χ0v) is 14.6. The minimum Gasteiger partial charge on any atom is -0.459 e. The minimum absolute atomic E-state index is 0.0233. The lowest BCUT2D eigenvalue weighted by Crippen LogP contribution is -2.38. The molecule has 2 aromatic heterocycles. The number of aromatic nitrogens is 1. The van der Waals surface area contributed by atoms with Crippen LogP contribution in [0, 0.1) is 17.2 Å². The Hall–Kier alpha value is -3.53. The molecule has 0 atom stereocenters. The fourth-order valence-corrected chi connectivity index (χ4v) is 3.22. The smallest absolute Gasteiger partial charge is 0.266 e. The molecular weight excluding hydrogens is 344 g/mol. The van der Waals surface area contributed by atoms with Crippen molar-refractivity contribution in [3.8, 4) is 17.7 Å². The van der Waals surface area contributed by atoms with Gasteiger partial charge in [-0.1, -0.05) is 18.2 Å². The third kappa shape index (κ3) is 3.55. The molecule has 1 amide bonds. The SMILES string of the molecule is N#Cc1nc(-c2ccco2)oc1N1CCC(C(=O)Nc2ccccc2)CC1. The van der Waals surface area contributed by atoms with Gasteiger partial charge in [0, 0.05) is 24.7 Å². The first-order valence-corrected chi connectivity index (χ1v) is 8.80. The molecule has 27 heavy (non-hydrogen) atoms. The summed E-state index contributed by atoms with van der Waals surface area (Å²) in [6, 6.07) is 15.0. The van der Waals surface area contributed by atoms with Gasteiger partial charge in [0.05, 0.1) is 6.26 Å². The van der Waals surface area contributed by atoms with E-state index in [2.05, 4.69) is 16.4 Å². The van der Waals surface area contributed by atoms with Gasteiger partial charge in [0.1, 0.15) is 6.07 Å². The predicted octanol–water partition coefficient (Wildman–Crippen LogP) is 3.66. The van der Waals surface area contributed by atoms with E-state index >= 15 is 0 Å². The summed E-state index contributed by atoms with van der Waals surface area (Å²) in [7, 11) is 0. The van der Waals surface area contributed by atoms with Gasteiger partial charge in [-0.05, 0) is 37.1 Å². The number of para-hydroxylation sites is 1. The number of nitrogens with one attached hydrogen (secondary N) is 1. The fourth-order valence-electron chi connectivity index (χ4n) is 3.22. The van der Waals surface area contributed by atoms with Crippen LogP contribution in [0.4, 0.5) is 11.6 Å². The van der Waals surface area contributed by atoms with Crippen LogP contribution in [0.5, 0.6) is 0 Å². The maximum Gasteiger partial charge on any atom is 0.266 e. The Labute approximate surface area is 156 Å². The highest BCUT2D eigenvalue weighted by Gasteiger charge is 2.29. The van der Waals surface area contributed by atoms with Crippen LogP contribution in [-0.4, -0.2) is 24.0 Å². The number of nitrogens with zero attached hydrogens (tertiary/aromatic N) is 3. The first kappa shape index (κ1) is 16.9. The monoisotopic (exact) mass is 362 g/mol. The van der Waals surface area contributed by atoms with Gasteiger partial charge >= 0.3 is 0 Å². The van der Waals surface area contributed by atoms with Crippen LogP contribution in [0.2, 0.25) is 0 Å². The Balaban J connectivity index is 1.42. The van der Waals surface area contributed by atoms with Crippen LogP contribution in [0.25, 0.3) is 11.7 Å². The lowest BCUT2D eigenvalue weighted by atomic mass is 9.96. The van der Waals surface area contributed by atoms with E-state index in [1.807, 2.05) is 35.2 Å². The van der Waals surface area contributed by atoms with E-state index in [1.165, 1.54) is 6.26 Å². The Morgan fingerprint density at radius 3 is 2.63 bits per heavy atom. The number of furan rings is 1. The fraction of sp³-hybridized carbons (Fsp3) is 0.250. The molecule has 1 saturated heterocycles. The molecule has 0 radical (unpaired) electrons. The molecule has 0 bridgehead atoms. The average molecular weight is 362 g/mol. The van der Waals surface area contributed by atoms with E-state index < -0.39 is 0 Å². The topological polar surface area (TPSA) is 95.3 Å². The highest BCUT2D eigenvalue weighted by Crippen LogP contribution is 2.31. The van der Waals surface area contributed by atoms with Gasteiger partial charge in [-0.15, -0.1) is 0 Å². The molecule has 7 heteroatoms. The number of hydrogen-bond donors (Lipinski definition) is 1. The molecule has 4 rings (SSSR count). The summed E-state index contributed by atoms with van der Waals surface area (Å²) in [6.07, 6.45) is 2.89. The van der Waals surface area contributed by atoms with E-state index in [-0.39, 0.29) is 23.4 Å². The van der Waals surface area contributed by atoms with E-state index in [4.69, 9.17) is 8.83 Å². The summed E-state index contributed by atoms with van der Waals surface area (Å²) < 4.78 is 11.1. The van der Waals surface area contributed by atoms with Crippen molar-refractivity contribution in [3.63, 3.8) is 0 Å². The Kier molecular flexibility index (Phi) is 4.62. The number of rotatable bonds is 4. The summed E-state index contributed by atoms with van der Waals surface area (Å²) in [5.41, 5.74) is 1.03. The average Bonchev–Trinajstić information content (AvgIpc) is 3.38. The summed E-state index contributed by atoms with van der Waals surface area (Å²) in [5, 5.41) is 12.3. The van der Waals surface area contributed by atoms with Crippen molar-refractivity contribution in [1.82, 2.24) is 4.98 Å². The van der Waals surface area contributed by atoms with Crippen molar-refractivity contribution >= 4 is 17.5 Å². The van der Waals surface area contributed by atoms with Gasteiger partial charge in [0.2, 0.25) is 17.5 Å². The molecule has 0 spiro atoms. The molecule has 136 valence electrons. The number of hydrogen-bond acceptors (Lipinski definition) is 6. The van der Waals surface area contributed by atoms with Gasteiger partial charge in [-0.2, -0.15) is 10.2 Å². The third-order valence-corrected chi connectivity index (χ3v) is 4.64. The summed E-state index contributed by atoms with van der Waals surface area (Å²) in [6.45, 7) is 1.24. The molecule has 1 aliphatic heterocycles. The molecule has 1 aliphatic rings. The van der Waals surface area contributed by atoms with Crippen LogP contribution < -0.4 is 10.2 Å². The van der Waals surface area contributed by atoms with E-state index in [9.17, 15) is 10.1 Å². The van der Waals surface area contributed by atoms with Crippen molar-refractivity contribution < 1.29 is 13.6 Å². The quantitative estimate of drug-likeness (QED) is 0.761. The Morgan fingerprint density at radius 1 is 1.19 bits per heavy atom. The van der Waals surface area contributed by atoms with Gasteiger partial charge in [-0.25, -0.2) is 0 Å². The lowest BCUT2D eigenvalue weighted by molar-refractivity contribution is -0.120. The Morgan fingerprint density at radius 2 is 1.96 bits per heavy atom. The molecule has 0 saturated carbocycles. The molecule has 1 aromatic carbocycles. The molecule has 1 N–H and O–H groups in total. The Bertz CT molecular complexity index is 949. The first-order valence-electron chi connectivity index (χ1n) is 8.80. The number of anilines is 2. The molecule has 3 heterocycles. The normalized spacial score (nSPS) is 14.7. The highest BCUT2D eigenvalue weighted by atomic mass is 16.4. The largest absolute Gasteiger partial charge is 0.459 e. The number of carbonyl (C=O) groups excluding carboxylic acids is 1. The number of amides is 1. The van der Waals surface area contributed by atoms with Gasteiger partial charge < -0.3 is 19.1 Å². The molecular formula is C20H18N4O3. The van der Waals surface area contributed by atoms with Crippen molar-refractivity contribution in [2.45, 2.75) is 12.8 Å². The van der Waals surface area contributed by atoms with Crippen molar-refractivity contribution in [1.29, 1.82) is 5.26 Å². The van der Waals surface area contributed by atoms with E-state index in [0.717, 1.165) is 5.69 Å². The number of piperidine rings is 1. The van der Waals surface area contributed by atoms with E-state index in [1.54, 1.807) is 12.1 Å². The maximum atomic E-state index is 12.5. The standard InChI is InChI=1S/C20H18N4O3/c21-13-16-20(27-19(23-16)17-7-4-12-26-17)24-10-8-14(9-11-24)18(25)22-15-5-2-1-3-6-15/h1-7,12,14H,8-11H2,(H,22,25). The second kappa shape index (κ2) is 7.38. The maximum absolute atomic E-state index is 12.5. The number of benzene rings is 1. The molecule has 0 unspecified atom stereocenters. The lowest BCUT2D eigenvalue weighted by Gasteiger charge is -2.30. The first-order chi connectivity index (χ1) is 13.2. The van der Waals surface area contributed by atoms with Crippen LogP contribution >= 0.6 is 0 Å². The van der Waals surface area contributed by atoms with Crippen molar-refractivity contribution in [3.05, 3.63) is 54.4 Å². The molecule has 7 nitrogen and oxygen atoms in total. The molecule has 0 aliphatic carbocycles. The second-order valence-electron chi connectivity index (χ2n) is 6.38. The third-order valence-electron chi connectivity index (χ3n) is 4.64. The van der Waals surface area contributed by atoms with Crippen molar-refractivity contribution in [2.24, 2.45) is 5.92 Å². The van der Waals surface area contributed by atoms with Crippen LogP contribution in [0.1, 0.15) is 18.5 Å². The summed E-state index contributed by atoms with van der Waals surface area (Å²) in [4.78, 5) is 18.6. The second-order valence-corrected chi connectivity index (χ2v) is 6.38. The van der Waals surface area contributed by atoms with Crippen molar-refractivity contribution in [2.75, 3.05) is 23.3 Å². The van der Waals surface area contributed by atoms with E-state index in [0.29, 0.717) is 37.6 Å². The van der Waals surface area contributed by atoms with Crippen LogP contribution in [0.3, 0.4) is 0 Å². The van der Waals surface area contributed by atoms with Gasteiger partial charge in [-0.3, -0.25) is 4.79 Å². The number of oxazole rings is 1. The summed E-state index contributed by atoms with van der Waals surface area (Å²) >= 11 is 0. The summed E-state index contributed by atoms with van der Waals surface area (Å²) in [5.74, 6) is 1.16. The molecule has 3 aromatic rings.